The highest BCUT2D eigenvalue weighted by atomic mass is 19.1. The zero-order valence-corrected chi connectivity index (χ0v) is 11.6. The first-order valence-electron chi connectivity index (χ1n) is 6.88. The molecule has 1 aromatic heterocycles. The molecule has 2 N–H and O–H groups in total. The first-order chi connectivity index (χ1) is 9.19. The Balaban J connectivity index is 1.92. The van der Waals surface area contributed by atoms with Gasteiger partial charge in [0, 0.05) is 19.6 Å². The number of likely N-dealkylation sites (tertiary alicyclic amines) is 1. The molecule has 19 heavy (non-hydrogen) atoms. The maximum atomic E-state index is 13.6. The quantitative estimate of drug-likeness (QED) is 0.854. The molecule has 1 aromatic rings. The van der Waals surface area contributed by atoms with Crippen molar-refractivity contribution < 1.29 is 4.39 Å². The summed E-state index contributed by atoms with van der Waals surface area (Å²) in [4.78, 5) is 10.3. The Bertz CT molecular complexity index is 406. The fourth-order valence-corrected chi connectivity index (χ4v) is 2.40. The van der Waals surface area contributed by atoms with Crippen LogP contribution in [0.3, 0.4) is 0 Å². The molecule has 5 nitrogen and oxygen atoms in total. The summed E-state index contributed by atoms with van der Waals surface area (Å²) in [6.45, 7) is 5.24. The first-order valence-corrected chi connectivity index (χ1v) is 6.88. The Morgan fingerprint density at radius 3 is 2.79 bits per heavy atom. The highest BCUT2D eigenvalue weighted by molar-refractivity contribution is 5.41. The van der Waals surface area contributed by atoms with Crippen LogP contribution in [0.15, 0.2) is 6.20 Å². The van der Waals surface area contributed by atoms with E-state index in [0.717, 1.165) is 19.6 Å². The molecule has 1 unspecified atom stereocenters. The largest absolute Gasteiger partial charge is 0.364 e. The van der Waals surface area contributed by atoms with Gasteiger partial charge in [-0.1, -0.05) is 6.42 Å². The van der Waals surface area contributed by atoms with E-state index in [2.05, 4.69) is 32.4 Å². The first kappa shape index (κ1) is 14.0. The summed E-state index contributed by atoms with van der Waals surface area (Å²) in [5.74, 6) is 0.280. The van der Waals surface area contributed by atoms with E-state index in [9.17, 15) is 4.39 Å². The number of nitrogens with one attached hydrogen (secondary N) is 2. The van der Waals surface area contributed by atoms with Gasteiger partial charge in [-0.15, -0.1) is 0 Å². The Labute approximate surface area is 113 Å². The molecule has 1 atom stereocenters. The topological polar surface area (TPSA) is 53.1 Å². The van der Waals surface area contributed by atoms with Crippen LogP contribution in [-0.4, -0.2) is 47.6 Å². The van der Waals surface area contributed by atoms with E-state index < -0.39 is 5.82 Å². The third kappa shape index (κ3) is 4.02. The van der Waals surface area contributed by atoms with Gasteiger partial charge in [-0.2, -0.15) is 4.98 Å². The van der Waals surface area contributed by atoms with Crippen LogP contribution in [0.1, 0.15) is 26.2 Å². The van der Waals surface area contributed by atoms with E-state index in [0.29, 0.717) is 5.95 Å². The third-order valence-corrected chi connectivity index (χ3v) is 3.33. The van der Waals surface area contributed by atoms with Gasteiger partial charge < -0.3 is 15.5 Å². The van der Waals surface area contributed by atoms with Gasteiger partial charge in [0.2, 0.25) is 5.95 Å². The van der Waals surface area contributed by atoms with Gasteiger partial charge in [-0.05, 0) is 32.9 Å². The Morgan fingerprint density at radius 2 is 2.11 bits per heavy atom. The molecular formula is C13H22FN5. The van der Waals surface area contributed by atoms with Crippen molar-refractivity contribution in [1.82, 2.24) is 14.9 Å². The third-order valence-electron chi connectivity index (χ3n) is 3.33. The van der Waals surface area contributed by atoms with Crippen molar-refractivity contribution in [3.8, 4) is 0 Å². The monoisotopic (exact) mass is 267 g/mol. The number of rotatable bonds is 5. The molecule has 0 spiro atoms. The van der Waals surface area contributed by atoms with Crippen LogP contribution < -0.4 is 10.6 Å². The van der Waals surface area contributed by atoms with E-state index in [-0.39, 0.29) is 11.9 Å². The molecule has 0 amide bonds. The fraction of sp³-hybridized carbons (Fsp3) is 0.692. The molecule has 1 aliphatic heterocycles. The summed E-state index contributed by atoms with van der Waals surface area (Å²) in [7, 11) is 1.72. The molecule has 0 saturated carbocycles. The summed E-state index contributed by atoms with van der Waals surface area (Å²) in [5.41, 5.74) is 0. The number of hydrogen-bond donors (Lipinski definition) is 2. The Kier molecular flexibility index (Phi) is 4.90. The minimum Gasteiger partial charge on any atom is -0.364 e. The molecule has 0 aliphatic carbocycles. The van der Waals surface area contributed by atoms with Crippen molar-refractivity contribution in [1.29, 1.82) is 0 Å². The predicted molar refractivity (Wildman–Crippen MR) is 74.9 cm³/mol. The lowest BCUT2D eigenvalue weighted by Crippen LogP contribution is -2.38. The zero-order valence-electron chi connectivity index (χ0n) is 11.6. The van der Waals surface area contributed by atoms with Crippen LogP contribution in [0.4, 0.5) is 16.2 Å². The van der Waals surface area contributed by atoms with Crippen molar-refractivity contribution in [3.05, 3.63) is 12.0 Å². The van der Waals surface area contributed by atoms with Crippen molar-refractivity contribution >= 4 is 11.8 Å². The molecule has 6 heteroatoms. The van der Waals surface area contributed by atoms with Crippen molar-refractivity contribution in [2.75, 3.05) is 37.3 Å². The zero-order chi connectivity index (χ0) is 13.7. The van der Waals surface area contributed by atoms with E-state index in [1.807, 2.05) is 0 Å². The van der Waals surface area contributed by atoms with Gasteiger partial charge in [0.05, 0.1) is 6.20 Å². The number of piperidine rings is 1. The van der Waals surface area contributed by atoms with Crippen LogP contribution in [0.25, 0.3) is 0 Å². The molecule has 2 rings (SSSR count). The molecule has 2 heterocycles. The average molecular weight is 267 g/mol. The Morgan fingerprint density at radius 1 is 1.37 bits per heavy atom. The number of aromatic nitrogens is 2. The summed E-state index contributed by atoms with van der Waals surface area (Å²) in [6.07, 6.45) is 5.04. The minimum atomic E-state index is -0.413. The highest BCUT2D eigenvalue weighted by Crippen LogP contribution is 2.14. The lowest BCUT2D eigenvalue weighted by molar-refractivity contribution is 0.223. The number of halogens is 1. The summed E-state index contributed by atoms with van der Waals surface area (Å²) >= 11 is 0. The maximum Gasteiger partial charge on any atom is 0.224 e. The SMILES string of the molecule is CNc1ncc(F)c(NC(C)CN2CCCCC2)n1. The molecule has 0 radical (unpaired) electrons. The normalized spacial score (nSPS) is 18.1. The van der Waals surface area contributed by atoms with E-state index in [4.69, 9.17) is 0 Å². The molecular weight excluding hydrogens is 245 g/mol. The average Bonchev–Trinajstić information content (AvgIpc) is 2.42. The van der Waals surface area contributed by atoms with Crippen LogP contribution in [0, 0.1) is 5.82 Å². The van der Waals surface area contributed by atoms with Crippen LogP contribution >= 0.6 is 0 Å². The van der Waals surface area contributed by atoms with Gasteiger partial charge in [-0.25, -0.2) is 9.37 Å². The van der Waals surface area contributed by atoms with Crippen molar-refractivity contribution in [3.63, 3.8) is 0 Å². The van der Waals surface area contributed by atoms with Gasteiger partial charge in [0.25, 0.3) is 0 Å². The number of nitrogens with zero attached hydrogens (tertiary/aromatic N) is 3. The predicted octanol–water partition coefficient (Wildman–Crippen LogP) is 1.94. The van der Waals surface area contributed by atoms with Gasteiger partial charge in [0.1, 0.15) is 0 Å². The Hall–Kier alpha value is -1.43. The van der Waals surface area contributed by atoms with Crippen LogP contribution in [-0.2, 0) is 0 Å². The van der Waals surface area contributed by atoms with E-state index >= 15 is 0 Å². The van der Waals surface area contributed by atoms with Crippen LogP contribution in [0.5, 0.6) is 0 Å². The molecule has 0 bridgehead atoms. The highest BCUT2D eigenvalue weighted by Gasteiger charge is 2.15. The lowest BCUT2D eigenvalue weighted by Gasteiger charge is -2.29. The van der Waals surface area contributed by atoms with Gasteiger partial charge in [0.15, 0.2) is 11.6 Å². The maximum absolute atomic E-state index is 13.6. The standard InChI is InChI=1S/C13H22FN5/c1-10(9-19-6-4-3-5-7-19)17-12-11(14)8-16-13(15-2)18-12/h8,10H,3-7,9H2,1-2H3,(H2,15,16,17,18). The second-order valence-corrected chi connectivity index (χ2v) is 5.05. The number of hydrogen-bond acceptors (Lipinski definition) is 5. The molecule has 0 aromatic carbocycles. The summed E-state index contributed by atoms with van der Waals surface area (Å²) < 4.78 is 13.6. The van der Waals surface area contributed by atoms with Crippen molar-refractivity contribution in [2.45, 2.75) is 32.2 Å². The lowest BCUT2D eigenvalue weighted by atomic mass is 10.1. The van der Waals surface area contributed by atoms with Crippen molar-refractivity contribution in [2.24, 2.45) is 0 Å². The van der Waals surface area contributed by atoms with E-state index in [1.165, 1.54) is 25.5 Å². The second kappa shape index (κ2) is 6.65. The fourth-order valence-electron chi connectivity index (χ4n) is 2.40. The summed E-state index contributed by atoms with van der Waals surface area (Å²) in [5, 5.41) is 5.93. The molecule has 1 saturated heterocycles. The second-order valence-electron chi connectivity index (χ2n) is 5.05. The van der Waals surface area contributed by atoms with Gasteiger partial charge >= 0.3 is 0 Å². The summed E-state index contributed by atoms with van der Waals surface area (Å²) in [6, 6.07) is 0.159. The van der Waals surface area contributed by atoms with E-state index in [1.54, 1.807) is 7.05 Å². The molecule has 1 fully saturated rings. The number of anilines is 2. The minimum absolute atomic E-state index is 0.159. The molecule has 106 valence electrons. The van der Waals surface area contributed by atoms with Gasteiger partial charge in [-0.3, -0.25) is 0 Å². The van der Waals surface area contributed by atoms with Crippen LogP contribution in [0.2, 0.25) is 0 Å². The smallest absolute Gasteiger partial charge is 0.224 e. The molecule has 1 aliphatic rings.